The predicted octanol–water partition coefficient (Wildman–Crippen LogP) is 1.63. The van der Waals surface area contributed by atoms with Gasteiger partial charge in [-0.05, 0) is 28.8 Å². The Morgan fingerprint density at radius 3 is 2.50 bits per heavy atom. The fraction of sp³-hybridized carbons (Fsp3) is 0.133. The van der Waals surface area contributed by atoms with Crippen molar-refractivity contribution in [1.29, 1.82) is 0 Å². The van der Waals surface area contributed by atoms with E-state index in [1.54, 1.807) is 12.1 Å². The molecule has 5 N–H and O–H groups in total. The second kappa shape index (κ2) is 4.96. The lowest BCUT2D eigenvalue weighted by molar-refractivity contribution is 0.555. The van der Waals surface area contributed by atoms with Gasteiger partial charge in [0.15, 0.2) is 5.58 Å². The Labute approximate surface area is 115 Å². The highest BCUT2D eigenvalue weighted by Gasteiger charge is 2.11. The van der Waals surface area contributed by atoms with Crippen molar-refractivity contribution >= 4 is 11.1 Å². The molecule has 0 aliphatic rings. The molecule has 0 fully saturated rings. The molecule has 0 saturated heterocycles. The molecule has 0 spiro atoms. The smallest absolute Gasteiger partial charge is 0.408 e. The van der Waals surface area contributed by atoms with E-state index in [9.17, 15) is 4.79 Å². The number of hydrogen-bond donors (Lipinski definition) is 3. The van der Waals surface area contributed by atoms with E-state index in [-0.39, 0.29) is 6.04 Å². The first-order valence-electron chi connectivity index (χ1n) is 6.34. The molecule has 0 bridgehead atoms. The molecule has 1 aromatic heterocycles. The average molecular weight is 269 g/mol. The third-order valence-corrected chi connectivity index (χ3v) is 3.38. The number of fused-ring (bicyclic) bond motifs is 1. The zero-order valence-corrected chi connectivity index (χ0v) is 10.8. The lowest BCUT2D eigenvalue weighted by Crippen LogP contribution is -2.11. The van der Waals surface area contributed by atoms with E-state index < -0.39 is 5.76 Å². The van der Waals surface area contributed by atoms with Crippen molar-refractivity contribution in [2.24, 2.45) is 11.5 Å². The summed E-state index contributed by atoms with van der Waals surface area (Å²) >= 11 is 0. The first-order chi connectivity index (χ1) is 9.67. The maximum Gasteiger partial charge on any atom is 0.417 e. The van der Waals surface area contributed by atoms with Crippen LogP contribution >= 0.6 is 0 Å². The number of nitrogens with one attached hydrogen (secondary N) is 1. The van der Waals surface area contributed by atoms with Crippen LogP contribution in [0.3, 0.4) is 0 Å². The van der Waals surface area contributed by atoms with E-state index in [0.717, 1.165) is 16.7 Å². The highest BCUT2D eigenvalue weighted by molar-refractivity contribution is 5.73. The normalized spacial score (nSPS) is 12.7. The van der Waals surface area contributed by atoms with Gasteiger partial charge in [-0.25, -0.2) is 4.79 Å². The molecule has 20 heavy (non-hydrogen) atoms. The van der Waals surface area contributed by atoms with Gasteiger partial charge in [0.05, 0.1) is 11.6 Å². The Morgan fingerprint density at radius 1 is 1.10 bits per heavy atom. The molecule has 0 aliphatic carbocycles. The van der Waals surface area contributed by atoms with Crippen LogP contribution in [0.5, 0.6) is 0 Å². The van der Waals surface area contributed by atoms with Crippen molar-refractivity contribution < 1.29 is 4.42 Å². The van der Waals surface area contributed by atoms with E-state index in [1.165, 1.54) is 0 Å². The summed E-state index contributed by atoms with van der Waals surface area (Å²) in [5.74, 6) is -0.460. The summed E-state index contributed by atoms with van der Waals surface area (Å²) in [6.45, 7) is 0.510. The molecule has 5 heteroatoms. The Morgan fingerprint density at radius 2 is 1.80 bits per heavy atom. The molecule has 0 saturated carbocycles. The summed E-state index contributed by atoms with van der Waals surface area (Å²) < 4.78 is 5.05. The summed E-state index contributed by atoms with van der Waals surface area (Å²) in [7, 11) is 0. The van der Waals surface area contributed by atoms with E-state index >= 15 is 0 Å². The summed E-state index contributed by atoms with van der Waals surface area (Å²) in [6.07, 6.45) is 0. The second-order valence-corrected chi connectivity index (χ2v) is 4.69. The molecule has 102 valence electrons. The van der Waals surface area contributed by atoms with Crippen LogP contribution in [0, 0.1) is 0 Å². The predicted molar refractivity (Wildman–Crippen MR) is 77.2 cm³/mol. The van der Waals surface area contributed by atoms with Gasteiger partial charge >= 0.3 is 5.76 Å². The zero-order valence-electron chi connectivity index (χ0n) is 10.8. The fourth-order valence-corrected chi connectivity index (χ4v) is 2.21. The van der Waals surface area contributed by atoms with Crippen LogP contribution < -0.4 is 17.2 Å². The molecule has 0 aliphatic heterocycles. The lowest BCUT2D eigenvalue weighted by atomic mass is 9.98. The van der Waals surface area contributed by atoms with Gasteiger partial charge in [-0.2, -0.15) is 0 Å². The summed E-state index contributed by atoms with van der Waals surface area (Å²) in [5.41, 5.74) is 15.9. The highest BCUT2D eigenvalue weighted by atomic mass is 16.4. The summed E-state index contributed by atoms with van der Waals surface area (Å²) in [5, 5.41) is 0. The second-order valence-electron chi connectivity index (χ2n) is 4.69. The molecule has 3 rings (SSSR count). The summed E-state index contributed by atoms with van der Waals surface area (Å²) in [4.78, 5) is 13.7. The zero-order chi connectivity index (χ0) is 14.1. The largest absolute Gasteiger partial charge is 0.417 e. The van der Waals surface area contributed by atoms with Gasteiger partial charge in [0, 0.05) is 6.54 Å². The maximum absolute atomic E-state index is 11.1. The average Bonchev–Trinajstić information content (AvgIpc) is 2.85. The number of aromatic nitrogens is 1. The van der Waals surface area contributed by atoms with Crippen molar-refractivity contribution in [2.45, 2.75) is 12.6 Å². The molecular formula is C15H15N3O2. The van der Waals surface area contributed by atoms with Crippen LogP contribution in [0.1, 0.15) is 22.7 Å². The number of aromatic amines is 1. The van der Waals surface area contributed by atoms with Gasteiger partial charge in [0.25, 0.3) is 0 Å². The first kappa shape index (κ1) is 12.7. The Bertz CT molecular complexity index is 787. The third-order valence-electron chi connectivity index (χ3n) is 3.38. The van der Waals surface area contributed by atoms with Crippen LogP contribution in [0.4, 0.5) is 0 Å². The van der Waals surface area contributed by atoms with Gasteiger partial charge in [-0.3, -0.25) is 4.98 Å². The first-order valence-corrected chi connectivity index (χ1v) is 6.34. The molecule has 1 heterocycles. The Hall–Kier alpha value is -2.37. The minimum absolute atomic E-state index is 0.272. The van der Waals surface area contributed by atoms with Crippen LogP contribution in [-0.4, -0.2) is 4.98 Å². The van der Waals surface area contributed by atoms with Crippen LogP contribution in [0.15, 0.2) is 51.7 Å². The number of benzene rings is 2. The molecule has 0 amide bonds. The standard InChI is InChI=1S/C15H15N3O2/c16-8-9-1-3-10(4-2-9)14(17)11-5-6-12-13(7-11)20-15(19)18-12/h1-7,14H,8,16-17H2,(H,18,19). The summed E-state index contributed by atoms with van der Waals surface area (Å²) in [6, 6.07) is 13.0. The van der Waals surface area contributed by atoms with E-state index in [0.29, 0.717) is 17.6 Å². The van der Waals surface area contributed by atoms with Gasteiger partial charge < -0.3 is 15.9 Å². The van der Waals surface area contributed by atoms with E-state index in [4.69, 9.17) is 15.9 Å². The van der Waals surface area contributed by atoms with Crippen molar-refractivity contribution in [3.63, 3.8) is 0 Å². The van der Waals surface area contributed by atoms with Gasteiger partial charge in [0.2, 0.25) is 0 Å². The topological polar surface area (TPSA) is 98.0 Å². The van der Waals surface area contributed by atoms with Gasteiger partial charge in [-0.1, -0.05) is 30.3 Å². The minimum atomic E-state index is -0.460. The number of hydrogen-bond acceptors (Lipinski definition) is 4. The number of oxazole rings is 1. The number of H-pyrrole nitrogens is 1. The number of nitrogens with two attached hydrogens (primary N) is 2. The quantitative estimate of drug-likeness (QED) is 0.673. The van der Waals surface area contributed by atoms with Crippen molar-refractivity contribution in [3.8, 4) is 0 Å². The van der Waals surface area contributed by atoms with Crippen molar-refractivity contribution in [1.82, 2.24) is 4.98 Å². The molecule has 1 atom stereocenters. The van der Waals surface area contributed by atoms with E-state index in [2.05, 4.69) is 4.98 Å². The highest BCUT2D eigenvalue weighted by Crippen LogP contribution is 2.23. The van der Waals surface area contributed by atoms with Crippen LogP contribution in [0.2, 0.25) is 0 Å². The van der Waals surface area contributed by atoms with Gasteiger partial charge in [0.1, 0.15) is 0 Å². The monoisotopic (exact) mass is 269 g/mol. The van der Waals surface area contributed by atoms with Crippen molar-refractivity contribution in [2.75, 3.05) is 0 Å². The fourth-order valence-electron chi connectivity index (χ4n) is 2.21. The molecule has 2 aromatic carbocycles. The molecule has 0 radical (unpaired) electrons. The maximum atomic E-state index is 11.1. The van der Waals surface area contributed by atoms with Gasteiger partial charge in [-0.15, -0.1) is 0 Å². The molecule has 5 nitrogen and oxygen atoms in total. The van der Waals surface area contributed by atoms with Crippen LogP contribution in [-0.2, 0) is 6.54 Å². The molecule has 3 aromatic rings. The minimum Gasteiger partial charge on any atom is -0.408 e. The molecular weight excluding hydrogens is 254 g/mol. The van der Waals surface area contributed by atoms with E-state index in [1.807, 2.05) is 30.3 Å². The third kappa shape index (κ3) is 2.24. The lowest BCUT2D eigenvalue weighted by Gasteiger charge is -2.12. The van der Waals surface area contributed by atoms with Crippen molar-refractivity contribution in [3.05, 3.63) is 69.7 Å². The SMILES string of the molecule is NCc1ccc(C(N)c2ccc3[nH]c(=O)oc3c2)cc1. The van der Waals surface area contributed by atoms with Crippen LogP contribution in [0.25, 0.3) is 11.1 Å². The number of rotatable bonds is 3. The molecule has 1 unspecified atom stereocenters. The Kier molecular flexibility index (Phi) is 3.14. The Balaban J connectivity index is 1.97.